The lowest BCUT2D eigenvalue weighted by atomic mass is 10.1. The Hall–Kier alpha value is -2.37. The van der Waals surface area contributed by atoms with Gasteiger partial charge in [-0.3, -0.25) is 9.59 Å². The molecule has 0 radical (unpaired) electrons. The summed E-state index contributed by atoms with van der Waals surface area (Å²) in [6, 6.07) is 3.50. The highest BCUT2D eigenvalue weighted by molar-refractivity contribution is 5.93. The lowest BCUT2D eigenvalue weighted by Gasteiger charge is -2.15. The summed E-state index contributed by atoms with van der Waals surface area (Å²) >= 11 is 0. The number of aromatic nitrogens is 2. The van der Waals surface area contributed by atoms with E-state index >= 15 is 0 Å². The van der Waals surface area contributed by atoms with Crippen molar-refractivity contribution in [1.82, 2.24) is 15.0 Å². The molecule has 21 heavy (non-hydrogen) atoms. The van der Waals surface area contributed by atoms with Gasteiger partial charge in [0.2, 0.25) is 0 Å². The van der Waals surface area contributed by atoms with E-state index in [4.69, 9.17) is 4.52 Å². The minimum atomic E-state index is -0.316. The van der Waals surface area contributed by atoms with Crippen LogP contribution in [0.4, 0.5) is 0 Å². The van der Waals surface area contributed by atoms with Crippen molar-refractivity contribution in [2.24, 2.45) is 0 Å². The van der Waals surface area contributed by atoms with Gasteiger partial charge in [-0.1, -0.05) is 5.16 Å². The van der Waals surface area contributed by atoms with E-state index in [0.29, 0.717) is 18.0 Å². The van der Waals surface area contributed by atoms with Gasteiger partial charge >= 0.3 is 0 Å². The van der Waals surface area contributed by atoms with Gasteiger partial charge in [-0.15, -0.1) is 0 Å². The van der Waals surface area contributed by atoms with Crippen LogP contribution in [-0.2, 0) is 19.4 Å². The van der Waals surface area contributed by atoms with Crippen molar-refractivity contribution in [2.45, 2.75) is 32.7 Å². The molecule has 6 heteroatoms. The third-order valence-corrected chi connectivity index (χ3v) is 3.74. The second kappa shape index (κ2) is 5.20. The fourth-order valence-corrected chi connectivity index (χ4v) is 2.69. The van der Waals surface area contributed by atoms with E-state index in [1.807, 2.05) is 0 Å². The normalized spacial score (nSPS) is 13.2. The Morgan fingerprint density at radius 1 is 1.43 bits per heavy atom. The molecule has 1 amide bonds. The number of aromatic amines is 1. The Morgan fingerprint density at radius 3 is 2.95 bits per heavy atom. The molecule has 2 heterocycles. The molecule has 1 aliphatic carbocycles. The van der Waals surface area contributed by atoms with Crippen molar-refractivity contribution in [3.05, 3.63) is 50.8 Å². The number of pyridine rings is 1. The molecule has 0 atom stereocenters. The molecule has 0 unspecified atom stereocenters. The summed E-state index contributed by atoms with van der Waals surface area (Å²) in [5, 5.41) is 3.86. The minimum Gasteiger partial charge on any atom is -0.361 e. The van der Waals surface area contributed by atoms with Gasteiger partial charge in [-0.2, -0.15) is 0 Å². The minimum absolute atomic E-state index is 0.193. The number of rotatable bonds is 3. The number of nitrogens with zero attached hydrogens (tertiary/aromatic N) is 2. The van der Waals surface area contributed by atoms with Crippen molar-refractivity contribution in [1.29, 1.82) is 0 Å². The van der Waals surface area contributed by atoms with Crippen molar-refractivity contribution in [3.8, 4) is 0 Å². The van der Waals surface area contributed by atoms with Crippen molar-refractivity contribution in [3.63, 3.8) is 0 Å². The van der Waals surface area contributed by atoms with Crippen LogP contribution in [-0.4, -0.2) is 28.0 Å². The average molecular weight is 287 g/mol. The highest BCUT2D eigenvalue weighted by Crippen LogP contribution is 2.19. The van der Waals surface area contributed by atoms with E-state index in [2.05, 4.69) is 10.1 Å². The van der Waals surface area contributed by atoms with Gasteiger partial charge in [-0.25, -0.2) is 0 Å². The first-order chi connectivity index (χ1) is 10.0. The van der Waals surface area contributed by atoms with Crippen LogP contribution in [0.1, 0.15) is 39.5 Å². The number of fused-ring (bicyclic) bond motifs is 1. The first-order valence-electron chi connectivity index (χ1n) is 6.97. The monoisotopic (exact) mass is 287 g/mol. The van der Waals surface area contributed by atoms with Crippen LogP contribution >= 0.6 is 0 Å². The maximum atomic E-state index is 12.4. The Kier molecular flexibility index (Phi) is 3.37. The third-order valence-electron chi connectivity index (χ3n) is 3.74. The molecular weight excluding hydrogens is 270 g/mol. The zero-order valence-corrected chi connectivity index (χ0v) is 12.1. The Morgan fingerprint density at radius 2 is 2.24 bits per heavy atom. The Balaban J connectivity index is 1.83. The van der Waals surface area contributed by atoms with Crippen LogP contribution in [0.15, 0.2) is 21.5 Å². The molecule has 0 saturated carbocycles. The molecule has 110 valence electrons. The number of amides is 1. The molecule has 1 aliphatic rings. The van der Waals surface area contributed by atoms with Crippen molar-refractivity contribution in [2.75, 3.05) is 7.05 Å². The molecule has 0 spiro atoms. The molecule has 0 aliphatic heterocycles. The molecule has 0 aromatic carbocycles. The zero-order chi connectivity index (χ0) is 15.0. The first kappa shape index (κ1) is 13.6. The van der Waals surface area contributed by atoms with Gasteiger partial charge < -0.3 is 14.4 Å². The van der Waals surface area contributed by atoms with Crippen LogP contribution < -0.4 is 5.56 Å². The Labute approximate surface area is 121 Å². The number of hydrogen-bond donors (Lipinski definition) is 1. The van der Waals surface area contributed by atoms with Gasteiger partial charge in [0, 0.05) is 18.8 Å². The third kappa shape index (κ3) is 2.61. The summed E-state index contributed by atoms with van der Waals surface area (Å²) in [6.07, 6.45) is 2.82. The molecular formula is C15H17N3O3. The number of nitrogens with one attached hydrogen (secondary N) is 1. The SMILES string of the molecule is Cc1cc(CN(C)C(=O)c2cc3c([nH]c2=O)CCC3)no1. The van der Waals surface area contributed by atoms with Gasteiger partial charge in [0.05, 0.1) is 6.54 Å². The number of H-pyrrole nitrogens is 1. The van der Waals surface area contributed by atoms with Gasteiger partial charge in [0.15, 0.2) is 0 Å². The number of carbonyl (C=O) groups is 1. The van der Waals surface area contributed by atoms with Crippen LogP contribution in [0.2, 0.25) is 0 Å². The van der Waals surface area contributed by atoms with Gasteiger partial charge in [0.1, 0.15) is 17.0 Å². The summed E-state index contributed by atoms with van der Waals surface area (Å²) in [4.78, 5) is 28.8. The molecule has 6 nitrogen and oxygen atoms in total. The summed E-state index contributed by atoms with van der Waals surface area (Å²) in [5.74, 6) is 0.396. The molecule has 3 rings (SSSR count). The lowest BCUT2D eigenvalue weighted by Crippen LogP contribution is -2.32. The predicted molar refractivity (Wildman–Crippen MR) is 76.1 cm³/mol. The quantitative estimate of drug-likeness (QED) is 0.926. The zero-order valence-electron chi connectivity index (χ0n) is 12.1. The lowest BCUT2D eigenvalue weighted by molar-refractivity contribution is 0.0780. The highest BCUT2D eigenvalue weighted by atomic mass is 16.5. The summed E-state index contributed by atoms with van der Waals surface area (Å²) < 4.78 is 4.98. The van der Waals surface area contributed by atoms with E-state index in [1.165, 1.54) is 4.90 Å². The maximum Gasteiger partial charge on any atom is 0.261 e. The van der Waals surface area contributed by atoms with E-state index in [-0.39, 0.29) is 17.0 Å². The standard InChI is InChI=1S/C15H17N3O3/c1-9-6-11(17-21-9)8-18(2)15(20)12-7-10-4-3-5-13(10)16-14(12)19/h6-7H,3-5,8H2,1-2H3,(H,16,19). The summed E-state index contributed by atoms with van der Waals surface area (Å²) in [7, 11) is 1.65. The topological polar surface area (TPSA) is 79.2 Å². The fraction of sp³-hybridized carbons (Fsp3) is 0.400. The molecule has 2 aromatic heterocycles. The van der Waals surface area contributed by atoms with Crippen LogP contribution in [0.3, 0.4) is 0 Å². The highest BCUT2D eigenvalue weighted by Gasteiger charge is 2.21. The Bertz CT molecular complexity index is 745. The number of aryl methyl sites for hydroxylation is 3. The largest absolute Gasteiger partial charge is 0.361 e. The van der Waals surface area contributed by atoms with Crippen molar-refractivity contribution >= 4 is 5.91 Å². The van der Waals surface area contributed by atoms with E-state index in [1.54, 1.807) is 26.1 Å². The van der Waals surface area contributed by atoms with E-state index in [9.17, 15) is 9.59 Å². The fourth-order valence-electron chi connectivity index (χ4n) is 2.69. The summed E-state index contributed by atoms with van der Waals surface area (Å²) in [5.41, 5.74) is 2.58. The van der Waals surface area contributed by atoms with Crippen LogP contribution in [0.25, 0.3) is 0 Å². The number of hydrogen-bond acceptors (Lipinski definition) is 4. The van der Waals surface area contributed by atoms with Crippen LogP contribution in [0, 0.1) is 6.92 Å². The molecule has 2 aromatic rings. The number of carbonyl (C=O) groups excluding carboxylic acids is 1. The maximum absolute atomic E-state index is 12.4. The average Bonchev–Trinajstić information content (AvgIpc) is 3.05. The van der Waals surface area contributed by atoms with Gasteiger partial charge in [-0.05, 0) is 37.8 Å². The van der Waals surface area contributed by atoms with Gasteiger partial charge in [0.25, 0.3) is 11.5 Å². The second-order valence-corrected chi connectivity index (χ2v) is 5.46. The second-order valence-electron chi connectivity index (χ2n) is 5.46. The van der Waals surface area contributed by atoms with E-state index < -0.39 is 0 Å². The van der Waals surface area contributed by atoms with E-state index in [0.717, 1.165) is 30.5 Å². The molecule has 1 N–H and O–H groups in total. The summed E-state index contributed by atoms with van der Waals surface area (Å²) in [6.45, 7) is 2.11. The molecule has 0 saturated heterocycles. The van der Waals surface area contributed by atoms with Crippen LogP contribution in [0.5, 0.6) is 0 Å². The smallest absolute Gasteiger partial charge is 0.261 e. The van der Waals surface area contributed by atoms with Crippen molar-refractivity contribution < 1.29 is 9.32 Å². The first-order valence-corrected chi connectivity index (χ1v) is 6.97. The predicted octanol–water partition coefficient (Wildman–Crippen LogP) is 1.43. The molecule has 0 bridgehead atoms. The molecule has 0 fully saturated rings.